The third kappa shape index (κ3) is 2.91. The van der Waals surface area contributed by atoms with Gasteiger partial charge in [-0.3, -0.25) is 4.79 Å². The molecule has 3 fully saturated rings. The summed E-state index contributed by atoms with van der Waals surface area (Å²) in [6, 6.07) is 10.2. The van der Waals surface area contributed by atoms with Crippen LogP contribution in [0.5, 0.6) is 0 Å². The molecular weight excluding hydrogens is 326 g/mol. The highest BCUT2D eigenvalue weighted by molar-refractivity contribution is 7.90. The minimum Gasteiger partial charge on any atom is -0.368 e. The molecule has 1 aromatic rings. The monoisotopic (exact) mass is 349 g/mol. The normalized spacial score (nSPS) is 23.2. The minimum atomic E-state index is -3.12. The fourth-order valence-corrected chi connectivity index (χ4v) is 5.39. The van der Waals surface area contributed by atoms with E-state index in [1.807, 2.05) is 23.1 Å². The number of hydrogen-bond acceptors (Lipinski definition) is 4. The van der Waals surface area contributed by atoms with Gasteiger partial charge in [0.2, 0.25) is 15.9 Å². The number of amides is 1. The topological polar surface area (TPSA) is 60.9 Å². The van der Waals surface area contributed by atoms with Crippen molar-refractivity contribution in [2.75, 3.05) is 44.2 Å². The van der Waals surface area contributed by atoms with Gasteiger partial charge in [-0.2, -0.15) is 4.31 Å². The number of hydrogen-bond donors (Lipinski definition) is 0. The molecule has 0 radical (unpaired) electrons. The molecule has 3 aliphatic rings. The molecule has 1 aromatic carbocycles. The Balaban J connectivity index is 1.28. The Bertz CT molecular complexity index is 704. The lowest BCUT2D eigenvalue weighted by atomic mass is 10.0. The Kier molecular flexibility index (Phi) is 4.00. The van der Waals surface area contributed by atoms with Crippen molar-refractivity contribution in [1.29, 1.82) is 0 Å². The summed E-state index contributed by atoms with van der Waals surface area (Å²) in [4.78, 5) is 16.7. The summed E-state index contributed by atoms with van der Waals surface area (Å²) in [5, 5.41) is -0.178. The van der Waals surface area contributed by atoms with Crippen LogP contribution in [0.3, 0.4) is 0 Å². The van der Waals surface area contributed by atoms with E-state index in [1.165, 1.54) is 9.99 Å². The zero-order chi connectivity index (χ0) is 16.7. The second-order valence-electron chi connectivity index (χ2n) is 6.91. The van der Waals surface area contributed by atoms with Gasteiger partial charge in [0.1, 0.15) is 0 Å². The SMILES string of the molecule is O=C(C1CN(S(=O)(=O)C2CC2)C1)N1CCN(c2ccccc2)CC1. The predicted octanol–water partition coefficient (Wildman–Crippen LogP) is 0.759. The van der Waals surface area contributed by atoms with Crippen LogP contribution in [0.4, 0.5) is 5.69 Å². The van der Waals surface area contributed by atoms with Gasteiger partial charge in [-0.05, 0) is 25.0 Å². The molecular formula is C17H23N3O3S. The molecule has 24 heavy (non-hydrogen) atoms. The lowest BCUT2D eigenvalue weighted by Gasteiger charge is -2.42. The van der Waals surface area contributed by atoms with Gasteiger partial charge >= 0.3 is 0 Å². The lowest BCUT2D eigenvalue weighted by molar-refractivity contribution is -0.139. The Hall–Kier alpha value is -1.60. The molecule has 2 aliphatic heterocycles. The molecule has 0 aromatic heterocycles. The Labute approximate surface area is 143 Å². The van der Waals surface area contributed by atoms with E-state index in [0.29, 0.717) is 26.2 Å². The van der Waals surface area contributed by atoms with Crippen molar-refractivity contribution in [3.8, 4) is 0 Å². The molecule has 7 heteroatoms. The van der Waals surface area contributed by atoms with Crippen LogP contribution in [0, 0.1) is 5.92 Å². The fraction of sp³-hybridized carbons (Fsp3) is 0.588. The van der Waals surface area contributed by atoms with Crippen LogP contribution >= 0.6 is 0 Å². The molecule has 2 saturated heterocycles. The molecule has 130 valence electrons. The van der Waals surface area contributed by atoms with E-state index in [-0.39, 0.29) is 17.1 Å². The molecule has 0 spiro atoms. The van der Waals surface area contributed by atoms with Gasteiger partial charge in [0.05, 0.1) is 11.2 Å². The zero-order valence-corrected chi connectivity index (χ0v) is 14.5. The first-order chi connectivity index (χ1) is 11.6. The highest BCUT2D eigenvalue weighted by Crippen LogP contribution is 2.35. The van der Waals surface area contributed by atoms with E-state index in [0.717, 1.165) is 25.9 Å². The highest BCUT2D eigenvalue weighted by Gasteiger charge is 2.47. The number of para-hydroxylation sites is 1. The second-order valence-corrected chi connectivity index (χ2v) is 9.12. The zero-order valence-electron chi connectivity index (χ0n) is 13.7. The maximum absolute atomic E-state index is 12.6. The number of piperazine rings is 1. The van der Waals surface area contributed by atoms with Crippen molar-refractivity contribution >= 4 is 21.6 Å². The Morgan fingerprint density at radius 1 is 0.958 bits per heavy atom. The van der Waals surface area contributed by atoms with Gasteiger partial charge < -0.3 is 9.80 Å². The minimum absolute atomic E-state index is 0.116. The number of anilines is 1. The van der Waals surface area contributed by atoms with Gasteiger partial charge in [-0.25, -0.2) is 8.42 Å². The molecule has 0 N–H and O–H groups in total. The largest absolute Gasteiger partial charge is 0.368 e. The van der Waals surface area contributed by atoms with E-state index in [9.17, 15) is 13.2 Å². The number of sulfonamides is 1. The van der Waals surface area contributed by atoms with Crippen molar-refractivity contribution in [3.05, 3.63) is 30.3 Å². The molecule has 6 nitrogen and oxygen atoms in total. The number of carbonyl (C=O) groups excluding carboxylic acids is 1. The summed E-state index contributed by atoms with van der Waals surface area (Å²) in [5.41, 5.74) is 1.19. The number of nitrogens with zero attached hydrogens (tertiary/aromatic N) is 3. The maximum atomic E-state index is 12.6. The van der Waals surface area contributed by atoms with Crippen molar-refractivity contribution in [3.63, 3.8) is 0 Å². The third-order valence-corrected chi connectivity index (χ3v) is 7.55. The number of benzene rings is 1. The number of carbonyl (C=O) groups is 1. The number of rotatable bonds is 4. The molecule has 1 amide bonds. The average molecular weight is 349 g/mol. The van der Waals surface area contributed by atoms with Gasteiger partial charge in [0.15, 0.2) is 0 Å². The maximum Gasteiger partial charge on any atom is 0.228 e. The summed E-state index contributed by atoms with van der Waals surface area (Å²) in [7, 11) is -3.12. The summed E-state index contributed by atoms with van der Waals surface area (Å²) in [5.74, 6) is -0.0354. The quantitative estimate of drug-likeness (QED) is 0.805. The molecule has 0 atom stereocenters. The fourth-order valence-electron chi connectivity index (χ4n) is 3.46. The Morgan fingerprint density at radius 3 is 2.17 bits per heavy atom. The summed E-state index contributed by atoms with van der Waals surface area (Å²) < 4.78 is 25.7. The van der Waals surface area contributed by atoms with E-state index < -0.39 is 10.0 Å². The molecule has 0 unspecified atom stereocenters. The smallest absolute Gasteiger partial charge is 0.228 e. The molecule has 4 rings (SSSR count). The summed E-state index contributed by atoms with van der Waals surface area (Å²) >= 11 is 0. The third-order valence-electron chi connectivity index (χ3n) is 5.22. The van der Waals surface area contributed by atoms with Crippen LogP contribution in [0.2, 0.25) is 0 Å². The van der Waals surface area contributed by atoms with E-state index in [4.69, 9.17) is 0 Å². The summed E-state index contributed by atoms with van der Waals surface area (Å²) in [6.07, 6.45) is 1.55. The molecule has 1 saturated carbocycles. The van der Waals surface area contributed by atoms with Crippen LogP contribution in [0.1, 0.15) is 12.8 Å². The standard InChI is InChI=1S/C17H23N3O3S/c21-17(14-12-20(13-14)24(22,23)16-6-7-16)19-10-8-18(9-11-19)15-4-2-1-3-5-15/h1-5,14,16H,6-13H2. The first kappa shape index (κ1) is 15.9. The van der Waals surface area contributed by atoms with Crippen LogP contribution < -0.4 is 4.90 Å². The second kappa shape index (κ2) is 6.04. The van der Waals surface area contributed by atoms with Crippen molar-refractivity contribution in [1.82, 2.24) is 9.21 Å². The van der Waals surface area contributed by atoms with Crippen LogP contribution in [0.25, 0.3) is 0 Å². The summed E-state index contributed by atoms with van der Waals surface area (Å²) in [6.45, 7) is 3.81. The predicted molar refractivity (Wildman–Crippen MR) is 92.2 cm³/mol. The van der Waals surface area contributed by atoms with Gasteiger partial charge in [-0.1, -0.05) is 18.2 Å². The van der Waals surface area contributed by atoms with E-state index in [1.54, 1.807) is 0 Å². The lowest BCUT2D eigenvalue weighted by Crippen LogP contribution is -2.59. The van der Waals surface area contributed by atoms with Crippen molar-refractivity contribution in [2.24, 2.45) is 5.92 Å². The van der Waals surface area contributed by atoms with Crippen molar-refractivity contribution < 1.29 is 13.2 Å². The van der Waals surface area contributed by atoms with Crippen LogP contribution in [-0.4, -0.2) is 68.0 Å². The molecule has 1 aliphatic carbocycles. The molecule has 2 heterocycles. The van der Waals surface area contributed by atoms with Gasteiger partial charge in [-0.15, -0.1) is 0 Å². The van der Waals surface area contributed by atoms with Crippen LogP contribution in [0.15, 0.2) is 30.3 Å². The average Bonchev–Trinajstić information content (AvgIpc) is 3.39. The molecule has 0 bridgehead atoms. The Morgan fingerprint density at radius 2 is 1.58 bits per heavy atom. The first-order valence-corrected chi connectivity index (χ1v) is 10.1. The van der Waals surface area contributed by atoms with Gasteiger partial charge in [0, 0.05) is 45.0 Å². The first-order valence-electron chi connectivity index (χ1n) is 8.63. The van der Waals surface area contributed by atoms with E-state index in [2.05, 4.69) is 17.0 Å². The highest BCUT2D eigenvalue weighted by atomic mass is 32.2. The van der Waals surface area contributed by atoms with Crippen LogP contribution in [-0.2, 0) is 14.8 Å². The van der Waals surface area contributed by atoms with E-state index >= 15 is 0 Å². The van der Waals surface area contributed by atoms with Crippen molar-refractivity contribution in [2.45, 2.75) is 18.1 Å². The van der Waals surface area contributed by atoms with Gasteiger partial charge in [0.25, 0.3) is 0 Å².